The lowest BCUT2D eigenvalue weighted by Crippen LogP contribution is -2.29. The minimum absolute atomic E-state index is 0.364. The Balaban J connectivity index is 2.19. The van der Waals surface area contributed by atoms with E-state index in [1.165, 1.54) is 50.5 Å². The fourth-order valence-corrected chi connectivity index (χ4v) is 3.85. The van der Waals surface area contributed by atoms with Crippen molar-refractivity contribution in [2.24, 2.45) is 5.92 Å². The van der Waals surface area contributed by atoms with Crippen LogP contribution in [-0.2, 0) is 0 Å². The highest BCUT2D eigenvalue weighted by molar-refractivity contribution is 6.35. The normalized spacial score (nSPS) is 19.4. The second-order valence-electron chi connectivity index (χ2n) is 5.81. The van der Waals surface area contributed by atoms with Gasteiger partial charge in [0.05, 0.1) is 0 Å². The Bertz CT molecular complexity index is 411. The molecule has 1 atom stereocenters. The molecule has 0 heterocycles. The third kappa shape index (κ3) is 4.38. The molecule has 0 aliphatic heterocycles. The third-order valence-electron chi connectivity index (χ3n) is 4.34. The second kappa shape index (κ2) is 8.26. The van der Waals surface area contributed by atoms with Crippen LogP contribution < -0.4 is 5.32 Å². The summed E-state index contributed by atoms with van der Waals surface area (Å²) in [4.78, 5) is 0. The van der Waals surface area contributed by atoms with E-state index < -0.39 is 0 Å². The number of nitrogens with one attached hydrogen (secondary N) is 1. The van der Waals surface area contributed by atoms with Gasteiger partial charge in [0, 0.05) is 16.1 Å². The Morgan fingerprint density at radius 1 is 1.10 bits per heavy atom. The van der Waals surface area contributed by atoms with E-state index >= 15 is 0 Å². The first kappa shape index (κ1) is 16.1. The van der Waals surface area contributed by atoms with Gasteiger partial charge in [-0.3, -0.25) is 0 Å². The molecule has 1 aromatic rings. The molecular weight excluding hydrogens is 289 g/mol. The van der Waals surface area contributed by atoms with E-state index in [9.17, 15) is 0 Å². The standard InChI is InChI=1S/C17H25Cl2N/c1-2-20-17(13-8-6-4-3-5-7-9-13)15-11-10-14(18)12-16(15)19/h10-13,17,20H,2-9H2,1H3. The van der Waals surface area contributed by atoms with Gasteiger partial charge in [-0.2, -0.15) is 0 Å². The summed E-state index contributed by atoms with van der Waals surface area (Å²) < 4.78 is 0. The van der Waals surface area contributed by atoms with Gasteiger partial charge in [0.25, 0.3) is 0 Å². The lowest BCUT2D eigenvalue weighted by atomic mass is 9.83. The highest BCUT2D eigenvalue weighted by Crippen LogP contribution is 2.36. The molecule has 0 amide bonds. The number of hydrogen-bond acceptors (Lipinski definition) is 1. The zero-order chi connectivity index (χ0) is 14.4. The van der Waals surface area contributed by atoms with Crippen molar-refractivity contribution in [1.82, 2.24) is 5.32 Å². The van der Waals surface area contributed by atoms with Gasteiger partial charge in [-0.25, -0.2) is 0 Å². The maximum absolute atomic E-state index is 6.43. The van der Waals surface area contributed by atoms with Crippen LogP contribution in [0.15, 0.2) is 18.2 Å². The van der Waals surface area contributed by atoms with Crippen molar-refractivity contribution in [3.05, 3.63) is 33.8 Å². The maximum atomic E-state index is 6.43. The summed E-state index contributed by atoms with van der Waals surface area (Å²) in [6, 6.07) is 6.28. The highest BCUT2D eigenvalue weighted by Gasteiger charge is 2.24. The molecule has 20 heavy (non-hydrogen) atoms. The van der Waals surface area contributed by atoms with Crippen molar-refractivity contribution < 1.29 is 0 Å². The molecular formula is C17H25Cl2N. The average molecular weight is 314 g/mol. The van der Waals surface area contributed by atoms with Gasteiger partial charge < -0.3 is 5.32 Å². The smallest absolute Gasteiger partial charge is 0.0468 e. The van der Waals surface area contributed by atoms with Crippen molar-refractivity contribution in [2.45, 2.75) is 57.9 Å². The molecule has 0 spiro atoms. The molecule has 1 N–H and O–H groups in total. The highest BCUT2D eigenvalue weighted by atomic mass is 35.5. The summed E-state index contributed by atoms with van der Waals surface area (Å²) in [6.45, 7) is 3.14. The number of benzene rings is 1. The van der Waals surface area contributed by atoms with E-state index in [1.807, 2.05) is 12.1 Å². The number of hydrogen-bond donors (Lipinski definition) is 1. The summed E-state index contributed by atoms with van der Waals surface area (Å²) in [6.07, 6.45) is 9.45. The minimum atomic E-state index is 0.364. The van der Waals surface area contributed by atoms with E-state index in [4.69, 9.17) is 23.2 Å². The maximum Gasteiger partial charge on any atom is 0.0468 e. The van der Waals surface area contributed by atoms with Gasteiger partial charge in [-0.05, 0) is 43.0 Å². The first-order valence-corrected chi connectivity index (χ1v) is 8.66. The third-order valence-corrected chi connectivity index (χ3v) is 4.91. The molecule has 0 bridgehead atoms. The molecule has 1 aromatic carbocycles. The predicted molar refractivity (Wildman–Crippen MR) is 88.7 cm³/mol. The molecule has 0 radical (unpaired) electrons. The molecule has 1 fully saturated rings. The lowest BCUT2D eigenvalue weighted by molar-refractivity contribution is 0.291. The van der Waals surface area contributed by atoms with Crippen molar-refractivity contribution in [3.8, 4) is 0 Å². The first-order valence-electron chi connectivity index (χ1n) is 7.90. The van der Waals surface area contributed by atoms with Crippen LogP contribution >= 0.6 is 23.2 Å². The van der Waals surface area contributed by atoms with Gasteiger partial charge in [-0.15, -0.1) is 0 Å². The number of rotatable bonds is 4. The molecule has 1 nitrogen and oxygen atoms in total. The molecule has 3 heteroatoms. The Morgan fingerprint density at radius 3 is 2.35 bits per heavy atom. The van der Waals surface area contributed by atoms with Crippen molar-refractivity contribution in [3.63, 3.8) is 0 Å². The molecule has 0 saturated heterocycles. The van der Waals surface area contributed by atoms with Crippen LogP contribution in [-0.4, -0.2) is 6.54 Å². The Morgan fingerprint density at radius 2 is 1.75 bits per heavy atom. The van der Waals surface area contributed by atoms with Crippen LogP contribution in [0.5, 0.6) is 0 Å². The Labute approximate surface area is 133 Å². The summed E-state index contributed by atoms with van der Waals surface area (Å²) in [5.41, 5.74) is 1.21. The van der Waals surface area contributed by atoms with E-state index in [0.717, 1.165) is 11.6 Å². The summed E-state index contributed by atoms with van der Waals surface area (Å²) >= 11 is 12.5. The monoisotopic (exact) mass is 313 g/mol. The van der Waals surface area contributed by atoms with Gasteiger partial charge in [0.1, 0.15) is 0 Å². The van der Waals surface area contributed by atoms with Crippen molar-refractivity contribution in [2.75, 3.05) is 6.54 Å². The largest absolute Gasteiger partial charge is 0.310 e. The lowest BCUT2D eigenvalue weighted by Gasteiger charge is -2.30. The molecule has 1 aliphatic carbocycles. The van der Waals surface area contributed by atoms with Crippen LogP contribution in [0.4, 0.5) is 0 Å². The SMILES string of the molecule is CCNC(c1ccc(Cl)cc1Cl)C1CCCCCCC1. The molecule has 1 aliphatic rings. The molecule has 0 aromatic heterocycles. The van der Waals surface area contributed by atoms with E-state index in [2.05, 4.69) is 18.3 Å². The van der Waals surface area contributed by atoms with E-state index in [-0.39, 0.29) is 0 Å². The zero-order valence-electron chi connectivity index (χ0n) is 12.3. The van der Waals surface area contributed by atoms with E-state index in [0.29, 0.717) is 17.0 Å². The minimum Gasteiger partial charge on any atom is -0.310 e. The van der Waals surface area contributed by atoms with Gasteiger partial charge in [0.2, 0.25) is 0 Å². The predicted octanol–water partition coefficient (Wildman–Crippen LogP) is 6.00. The summed E-state index contributed by atoms with van der Waals surface area (Å²) in [7, 11) is 0. The van der Waals surface area contributed by atoms with Crippen LogP contribution in [0.25, 0.3) is 0 Å². The van der Waals surface area contributed by atoms with Crippen LogP contribution in [0, 0.1) is 5.92 Å². The first-order chi connectivity index (χ1) is 9.72. The Kier molecular flexibility index (Phi) is 6.67. The quantitative estimate of drug-likeness (QED) is 0.718. The summed E-state index contributed by atoms with van der Waals surface area (Å²) in [5, 5.41) is 5.16. The van der Waals surface area contributed by atoms with Crippen LogP contribution in [0.3, 0.4) is 0 Å². The molecule has 112 valence electrons. The van der Waals surface area contributed by atoms with Gasteiger partial charge in [-0.1, -0.05) is 68.3 Å². The fraction of sp³-hybridized carbons (Fsp3) is 0.647. The summed E-state index contributed by atoms with van der Waals surface area (Å²) in [5.74, 6) is 0.689. The topological polar surface area (TPSA) is 12.0 Å². The molecule has 1 unspecified atom stereocenters. The zero-order valence-corrected chi connectivity index (χ0v) is 13.8. The van der Waals surface area contributed by atoms with Crippen molar-refractivity contribution >= 4 is 23.2 Å². The molecule has 2 rings (SSSR count). The van der Waals surface area contributed by atoms with E-state index in [1.54, 1.807) is 0 Å². The fourth-order valence-electron chi connectivity index (χ4n) is 3.33. The van der Waals surface area contributed by atoms with Crippen LogP contribution in [0.1, 0.15) is 63.5 Å². The van der Waals surface area contributed by atoms with Crippen molar-refractivity contribution in [1.29, 1.82) is 0 Å². The second-order valence-corrected chi connectivity index (χ2v) is 6.65. The molecule has 1 saturated carbocycles. The van der Waals surface area contributed by atoms with Gasteiger partial charge >= 0.3 is 0 Å². The Hall–Kier alpha value is -0.240. The average Bonchev–Trinajstić information content (AvgIpc) is 2.37. The van der Waals surface area contributed by atoms with Crippen LogP contribution in [0.2, 0.25) is 10.0 Å². The van der Waals surface area contributed by atoms with Gasteiger partial charge in [0.15, 0.2) is 0 Å². The number of halogens is 2.